The Kier molecular flexibility index (Phi) is 7.24. The van der Waals surface area contributed by atoms with Crippen molar-refractivity contribution in [3.05, 3.63) is 71.9 Å². The number of anilines is 1. The number of amides is 2. The van der Waals surface area contributed by atoms with Crippen molar-refractivity contribution in [1.82, 2.24) is 4.68 Å². The first kappa shape index (κ1) is 24.4. The quantitative estimate of drug-likeness (QED) is 0.449. The molecule has 1 heterocycles. The summed E-state index contributed by atoms with van der Waals surface area (Å²) in [5, 5.41) is 11.1. The summed E-state index contributed by atoms with van der Waals surface area (Å²) in [7, 11) is 1.50. The number of alkyl halides is 3. The van der Waals surface area contributed by atoms with Gasteiger partial charge in [-0.15, -0.1) is 0 Å². The second-order valence-electron chi connectivity index (χ2n) is 7.14. The Labute approximate surface area is 191 Å². The van der Waals surface area contributed by atoms with Gasteiger partial charge in [0.2, 0.25) is 0 Å². The number of hydrogen-bond donors (Lipinski definition) is 3. The van der Waals surface area contributed by atoms with E-state index in [4.69, 9.17) is 9.84 Å². The summed E-state index contributed by atoms with van der Waals surface area (Å²) in [6.45, 7) is 0. The minimum Gasteiger partial charge on any atom is -0.497 e. The molecule has 3 aromatic rings. The minimum atomic E-state index is -4.61. The number of carboxylic acids is 1. The Bertz CT molecular complexity index is 1200. The SMILES string of the molecule is COc1ccc(-c2ccc(CCC(=O)O)n2NC(=O)C(=O)Nc2cccc(C(F)(F)F)c2)cc1. The first-order valence-corrected chi connectivity index (χ1v) is 9.95. The van der Waals surface area contributed by atoms with Crippen LogP contribution in [0.15, 0.2) is 60.7 Å². The maximum absolute atomic E-state index is 12.9. The largest absolute Gasteiger partial charge is 0.497 e. The molecule has 0 fully saturated rings. The van der Waals surface area contributed by atoms with Gasteiger partial charge in [0.1, 0.15) is 5.75 Å². The number of nitrogens with zero attached hydrogens (tertiary/aromatic N) is 1. The van der Waals surface area contributed by atoms with E-state index in [0.29, 0.717) is 28.8 Å². The molecule has 0 saturated carbocycles. The number of carbonyl (C=O) groups is 3. The lowest BCUT2D eigenvalue weighted by atomic mass is 10.1. The first-order valence-electron chi connectivity index (χ1n) is 9.95. The number of carbonyl (C=O) groups excluding carboxylic acids is 2. The van der Waals surface area contributed by atoms with Gasteiger partial charge in [0, 0.05) is 23.4 Å². The summed E-state index contributed by atoms with van der Waals surface area (Å²) in [5.74, 6) is -2.80. The third-order valence-electron chi connectivity index (χ3n) is 4.81. The van der Waals surface area contributed by atoms with Crippen molar-refractivity contribution in [2.45, 2.75) is 19.0 Å². The molecule has 0 aliphatic carbocycles. The molecule has 0 aliphatic rings. The molecule has 0 unspecified atom stereocenters. The number of methoxy groups -OCH3 is 1. The van der Waals surface area contributed by atoms with E-state index in [1.54, 1.807) is 36.4 Å². The highest BCUT2D eigenvalue weighted by Gasteiger charge is 2.30. The molecule has 11 heteroatoms. The van der Waals surface area contributed by atoms with Gasteiger partial charge in [-0.3, -0.25) is 24.5 Å². The highest BCUT2D eigenvalue weighted by Crippen LogP contribution is 2.30. The molecule has 2 aromatic carbocycles. The van der Waals surface area contributed by atoms with Crippen LogP contribution in [0, 0.1) is 0 Å². The molecular formula is C23H20F3N3O5. The van der Waals surface area contributed by atoms with Crippen LogP contribution in [0.5, 0.6) is 5.75 Å². The number of ether oxygens (including phenoxy) is 1. The fraction of sp³-hybridized carbons (Fsp3) is 0.174. The summed E-state index contributed by atoms with van der Waals surface area (Å²) < 4.78 is 45.1. The number of nitrogens with one attached hydrogen (secondary N) is 2. The van der Waals surface area contributed by atoms with Gasteiger partial charge in [0.25, 0.3) is 0 Å². The summed E-state index contributed by atoms with van der Waals surface area (Å²) in [6, 6.07) is 13.9. The van der Waals surface area contributed by atoms with Crippen LogP contribution in [0.4, 0.5) is 18.9 Å². The molecule has 3 N–H and O–H groups in total. The van der Waals surface area contributed by atoms with Gasteiger partial charge in [-0.05, 0) is 54.6 Å². The molecule has 2 amide bonds. The predicted octanol–water partition coefficient (Wildman–Crippen LogP) is 3.91. The summed E-state index contributed by atoms with van der Waals surface area (Å²) in [5.41, 5.74) is 2.72. The van der Waals surface area contributed by atoms with E-state index in [1.807, 2.05) is 0 Å². The van der Waals surface area contributed by atoms with Gasteiger partial charge >= 0.3 is 24.0 Å². The van der Waals surface area contributed by atoms with Crippen LogP contribution in [0.1, 0.15) is 17.7 Å². The van der Waals surface area contributed by atoms with Gasteiger partial charge < -0.3 is 15.2 Å². The monoisotopic (exact) mass is 475 g/mol. The van der Waals surface area contributed by atoms with Crippen molar-refractivity contribution in [3.8, 4) is 17.0 Å². The summed E-state index contributed by atoms with van der Waals surface area (Å²) in [4.78, 5) is 36.0. The summed E-state index contributed by atoms with van der Waals surface area (Å²) in [6.07, 6.45) is -4.78. The fourth-order valence-corrected chi connectivity index (χ4v) is 3.14. The number of aliphatic carboxylic acids is 1. The van der Waals surface area contributed by atoms with Crippen molar-refractivity contribution in [3.63, 3.8) is 0 Å². The molecule has 8 nitrogen and oxygen atoms in total. The molecule has 178 valence electrons. The fourth-order valence-electron chi connectivity index (χ4n) is 3.14. The maximum atomic E-state index is 12.9. The normalized spacial score (nSPS) is 11.1. The maximum Gasteiger partial charge on any atom is 0.416 e. The zero-order valence-corrected chi connectivity index (χ0v) is 17.8. The molecule has 34 heavy (non-hydrogen) atoms. The van der Waals surface area contributed by atoms with E-state index < -0.39 is 29.5 Å². The van der Waals surface area contributed by atoms with Crippen LogP contribution in [-0.4, -0.2) is 34.7 Å². The lowest BCUT2D eigenvalue weighted by molar-refractivity contribution is -0.138. The molecule has 0 atom stereocenters. The molecule has 0 spiro atoms. The molecule has 0 radical (unpaired) electrons. The zero-order valence-electron chi connectivity index (χ0n) is 17.8. The third kappa shape index (κ3) is 5.94. The predicted molar refractivity (Wildman–Crippen MR) is 117 cm³/mol. The number of hydrogen-bond acceptors (Lipinski definition) is 4. The average Bonchev–Trinajstić information content (AvgIpc) is 3.19. The second-order valence-corrected chi connectivity index (χ2v) is 7.14. The van der Waals surface area contributed by atoms with Gasteiger partial charge in [-0.2, -0.15) is 13.2 Å². The van der Waals surface area contributed by atoms with Crippen molar-refractivity contribution >= 4 is 23.5 Å². The van der Waals surface area contributed by atoms with E-state index in [2.05, 4.69) is 10.7 Å². The smallest absolute Gasteiger partial charge is 0.416 e. The molecule has 3 rings (SSSR count). The van der Waals surface area contributed by atoms with Gasteiger partial charge in [-0.25, -0.2) is 0 Å². The Morgan fingerprint density at radius 1 is 1.00 bits per heavy atom. The van der Waals surface area contributed by atoms with Crippen molar-refractivity contribution in [2.75, 3.05) is 17.9 Å². The Morgan fingerprint density at radius 3 is 2.32 bits per heavy atom. The van der Waals surface area contributed by atoms with Gasteiger partial charge in [0.05, 0.1) is 24.8 Å². The molecule has 0 aliphatic heterocycles. The van der Waals surface area contributed by atoms with E-state index in [1.165, 1.54) is 17.9 Å². The van der Waals surface area contributed by atoms with E-state index >= 15 is 0 Å². The Balaban J connectivity index is 1.84. The number of aromatic nitrogens is 1. The second kappa shape index (κ2) is 10.1. The lowest BCUT2D eigenvalue weighted by Crippen LogP contribution is -2.35. The number of aryl methyl sites for hydroxylation is 1. The molecule has 0 saturated heterocycles. The topological polar surface area (TPSA) is 110 Å². The van der Waals surface area contributed by atoms with Crippen molar-refractivity contribution in [1.29, 1.82) is 0 Å². The highest BCUT2D eigenvalue weighted by molar-refractivity contribution is 6.42. The van der Waals surface area contributed by atoms with Crippen LogP contribution in [0.25, 0.3) is 11.3 Å². The van der Waals surface area contributed by atoms with E-state index in [-0.39, 0.29) is 18.5 Å². The first-order chi connectivity index (χ1) is 16.1. The highest BCUT2D eigenvalue weighted by atomic mass is 19.4. The third-order valence-corrected chi connectivity index (χ3v) is 4.81. The van der Waals surface area contributed by atoms with E-state index in [9.17, 15) is 27.6 Å². The van der Waals surface area contributed by atoms with Crippen LogP contribution in [0.3, 0.4) is 0 Å². The molecule has 0 bridgehead atoms. The van der Waals surface area contributed by atoms with Crippen molar-refractivity contribution < 1.29 is 37.4 Å². The Hall–Kier alpha value is -4.28. The van der Waals surface area contributed by atoms with E-state index in [0.717, 1.165) is 12.1 Å². The molecule has 1 aromatic heterocycles. The lowest BCUT2D eigenvalue weighted by Gasteiger charge is -2.15. The van der Waals surface area contributed by atoms with Crippen molar-refractivity contribution in [2.24, 2.45) is 0 Å². The number of benzene rings is 2. The standard InChI is InChI=1S/C23H20F3N3O5/c1-34-18-9-5-14(6-10-18)19-11-7-17(8-12-20(30)31)29(19)28-22(33)21(32)27-16-4-2-3-15(13-16)23(24,25)26/h2-7,9-11,13H,8,12H2,1H3,(H,27,32)(H,28,33)(H,30,31). The number of carboxylic acid groups (broad SMARTS) is 1. The number of rotatable bonds is 7. The van der Waals surface area contributed by atoms with Crippen LogP contribution in [-0.2, 0) is 27.0 Å². The molecular weight excluding hydrogens is 455 g/mol. The Morgan fingerprint density at radius 2 is 1.71 bits per heavy atom. The summed E-state index contributed by atoms with van der Waals surface area (Å²) >= 11 is 0. The van der Waals surface area contributed by atoms with Crippen LogP contribution < -0.4 is 15.5 Å². The number of halogens is 3. The van der Waals surface area contributed by atoms with Gasteiger partial charge in [0.15, 0.2) is 0 Å². The van der Waals surface area contributed by atoms with Gasteiger partial charge in [-0.1, -0.05) is 6.07 Å². The minimum absolute atomic E-state index is 0.0566. The average molecular weight is 475 g/mol. The zero-order chi connectivity index (χ0) is 24.9. The van der Waals surface area contributed by atoms with Crippen LogP contribution in [0.2, 0.25) is 0 Å². The van der Waals surface area contributed by atoms with Crippen LogP contribution >= 0.6 is 0 Å².